The first kappa shape index (κ1) is 14.8. The number of aromatic carboxylic acids is 1. The molecule has 0 saturated carbocycles. The molecule has 0 aromatic heterocycles. The summed E-state index contributed by atoms with van der Waals surface area (Å²) in [5, 5.41) is 20.0. The number of hydrogen-bond acceptors (Lipinski definition) is 4. The lowest BCUT2D eigenvalue weighted by atomic mass is 10.2. The molecule has 0 atom stereocenters. The van der Waals surface area contributed by atoms with Gasteiger partial charge in [0.2, 0.25) is 0 Å². The highest BCUT2D eigenvalue weighted by Gasteiger charge is 2.17. The average molecular weight is 308 g/mol. The number of carboxylic acid groups (broad SMARTS) is 1. The molecular weight excluding hydrogens is 298 g/mol. The van der Waals surface area contributed by atoms with Gasteiger partial charge in [0, 0.05) is 12.1 Å². The van der Waals surface area contributed by atoms with E-state index in [1.54, 1.807) is 6.92 Å². The lowest BCUT2D eigenvalue weighted by Crippen LogP contribution is -2.01. The van der Waals surface area contributed by atoms with Crippen molar-refractivity contribution in [3.8, 4) is 11.5 Å². The van der Waals surface area contributed by atoms with Crippen LogP contribution in [0.1, 0.15) is 15.9 Å². The predicted molar refractivity (Wildman–Crippen MR) is 76.3 cm³/mol. The Morgan fingerprint density at radius 1 is 1.33 bits per heavy atom. The number of nitro benzene ring substituents is 1. The SMILES string of the molecule is Cc1cc([N+](=O)[O-])ccc1Oc1c(Cl)cccc1C(=O)O. The molecule has 7 heteroatoms. The Morgan fingerprint density at radius 2 is 2.05 bits per heavy atom. The Morgan fingerprint density at radius 3 is 2.62 bits per heavy atom. The third-order valence-electron chi connectivity index (χ3n) is 2.78. The van der Waals surface area contributed by atoms with Crippen LogP contribution in [0.15, 0.2) is 36.4 Å². The van der Waals surface area contributed by atoms with Crippen LogP contribution in [-0.4, -0.2) is 16.0 Å². The summed E-state index contributed by atoms with van der Waals surface area (Å²) >= 11 is 5.96. The number of non-ortho nitro benzene ring substituents is 1. The molecule has 2 aromatic rings. The Hall–Kier alpha value is -2.60. The van der Waals surface area contributed by atoms with Gasteiger partial charge in [0.15, 0.2) is 5.75 Å². The van der Waals surface area contributed by atoms with Crippen molar-refractivity contribution in [2.75, 3.05) is 0 Å². The van der Waals surface area contributed by atoms with Crippen LogP contribution in [0.5, 0.6) is 11.5 Å². The molecule has 21 heavy (non-hydrogen) atoms. The van der Waals surface area contributed by atoms with Crippen molar-refractivity contribution in [1.82, 2.24) is 0 Å². The number of halogens is 1. The Labute approximate surface area is 124 Å². The summed E-state index contributed by atoms with van der Waals surface area (Å²) in [6.45, 7) is 1.62. The topological polar surface area (TPSA) is 89.7 Å². The first-order chi connectivity index (χ1) is 9.90. The summed E-state index contributed by atoms with van der Waals surface area (Å²) in [6, 6.07) is 8.39. The van der Waals surface area contributed by atoms with E-state index in [4.69, 9.17) is 21.4 Å². The van der Waals surface area contributed by atoms with Gasteiger partial charge < -0.3 is 9.84 Å². The van der Waals surface area contributed by atoms with Crippen molar-refractivity contribution >= 4 is 23.3 Å². The Kier molecular flexibility index (Phi) is 4.09. The van der Waals surface area contributed by atoms with E-state index in [-0.39, 0.29) is 22.0 Å². The van der Waals surface area contributed by atoms with Crippen LogP contribution in [0.2, 0.25) is 5.02 Å². The summed E-state index contributed by atoms with van der Waals surface area (Å²) in [6.07, 6.45) is 0. The van der Waals surface area contributed by atoms with Gasteiger partial charge in [0.25, 0.3) is 5.69 Å². The maximum atomic E-state index is 11.2. The van der Waals surface area contributed by atoms with Crippen LogP contribution in [0, 0.1) is 17.0 Å². The number of rotatable bonds is 4. The lowest BCUT2D eigenvalue weighted by Gasteiger charge is -2.12. The van der Waals surface area contributed by atoms with Gasteiger partial charge >= 0.3 is 5.97 Å². The monoisotopic (exact) mass is 307 g/mol. The average Bonchev–Trinajstić information content (AvgIpc) is 2.42. The third kappa shape index (κ3) is 3.11. The molecule has 2 rings (SSSR count). The molecule has 0 spiro atoms. The fraction of sp³-hybridized carbons (Fsp3) is 0.0714. The fourth-order valence-corrected chi connectivity index (χ4v) is 1.97. The van der Waals surface area contributed by atoms with Crippen molar-refractivity contribution in [3.05, 3.63) is 62.7 Å². The van der Waals surface area contributed by atoms with Crippen LogP contribution in [0.25, 0.3) is 0 Å². The molecule has 0 aliphatic rings. The van der Waals surface area contributed by atoms with Crippen LogP contribution < -0.4 is 4.74 Å². The Balaban J connectivity index is 2.44. The van der Waals surface area contributed by atoms with E-state index in [0.717, 1.165) is 0 Å². The van der Waals surface area contributed by atoms with E-state index in [2.05, 4.69) is 0 Å². The van der Waals surface area contributed by atoms with Crippen molar-refractivity contribution in [3.63, 3.8) is 0 Å². The van der Waals surface area contributed by atoms with Crippen LogP contribution in [-0.2, 0) is 0 Å². The molecule has 0 fully saturated rings. The zero-order valence-corrected chi connectivity index (χ0v) is 11.6. The molecular formula is C14H10ClNO5. The zero-order chi connectivity index (χ0) is 15.6. The second kappa shape index (κ2) is 5.80. The van der Waals surface area contributed by atoms with E-state index in [0.29, 0.717) is 11.3 Å². The van der Waals surface area contributed by atoms with Gasteiger partial charge in [-0.15, -0.1) is 0 Å². The van der Waals surface area contributed by atoms with E-state index in [9.17, 15) is 14.9 Å². The number of carboxylic acids is 1. The molecule has 1 N–H and O–H groups in total. The maximum absolute atomic E-state index is 11.2. The number of nitrogens with zero attached hydrogens (tertiary/aromatic N) is 1. The quantitative estimate of drug-likeness (QED) is 0.680. The van der Waals surface area contributed by atoms with Gasteiger partial charge in [0.1, 0.15) is 11.3 Å². The highest BCUT2D eigenvalue weighted by molar-refractivity contribution is 6.32. The Bertz CT molecular complexity index is 729. The minimum absolute atomic E-state index is 0.00335. The number of carbonyl (C=O) groups is 1. The molecule has 2 aromatic carbocycles. The van der Waals surface area contributed by atoms with Gasteiger partial charge in [-0.25, -0.2) is 4.79 Å². The normalized spacial score (nSPS) is 10.2. The van der Waals surface area contributed by atoms with Gasteiger partial charge in [-0.2, -0.15) is 0 Å². The van der Waals surface area contributed by atoms with Crippen LogP contribution >= 0.6 is 11.6 Å². The number of ether oxygens (including phenoxy) is 1. The molecule has 108 valence electrons. The number of benzene rings is 2. The molecule has 0 amide bonds. The number of aryl methyl sites for hydroxylation is 1. The lowest BCUT2D eigenvalue weighted by molar-refractivity contribution is -0.384. The van der Waals surface area contributed by atoms with Crippen LogP contribution in [0.4, 0.5) is 5.69 Å². The predicted octanol–water partition coefficient (Wildman–Crippen LogP) is 4.05. The van der Waals surface area contributed by atoms with Crippen molar-refractivity contribution < 1.29 is 19.6 Å². The number of hydrogen-bond donors (Lipinski definition) is 1. The number of nitro groups is 1. The molecule has 0 bridgehead atoms. The minimum atomic E-state index is -1.17. The van der Waals surface area contributed by atoms with Gasteiger partial charge in [0.05, 0.1) is 9.95 Å². The summed E-state index contributed by atoms with van der Waals surface area (Å²) in [7, 11) is 0. The maximum Gasteiger partial charge on any atom is 0.339 e. The summed E-state index contributed by atoms with van der Waals surface area (Å²) in [5.41, 5.74) is 0.346. The third-order valence-corrected chi connectivity index (χ3v) is 3.08. The van der Waals surface area contributed by atoms with E-state index in [1.807, 2.05) is 0 Å². The smallest absolute Gasteiger partial charge is 0.339 e. The summed E-state index contributed by atoms with van der Waals surface area (Å²) < 4.78 is 5.53. The summed E-state index contributed by atoms with van der Waals surface area (Å²) in [5.74, 6) is -0.869. The molecule has 0 heterocycles. The molecule has 0 radical (unpaired) electrons. The van der Waals surface area contributed by atoms with Crippen molar-refractivity contribution in [2.45, 2.75) is 6.92 Å². The van der Waals surface area contributed by atoms with Gasteiger partial charge in [-0.3, -0.25) is 10.1 Å². The zero-order valence-electron chi connectivity index (χ0n) is 10.9. The first-order valence-electron chi connectivity index (χ1n) is 5.85. The van der Waals surface area contributed by atoms with Crippen molar-refractivity contribution in [1.29, 1.82) is 0 Å². The summed E-state index contributed by atoms with van der Waals surface area (Å²) in [4.78, 5) is 21.3. The van der Waals surface area contributed by atoms with E-state index < -0.39 is 10.9 Å². The van der Waals surface area contributed by atoms with E-state index in [1.165, 1.54) is 36.4 Å². The highest BCUT2D eigenvalue weighted by atomic mass is 35.5. The molecule has 6 nitrogen and oxygen atoms in total. The highest BCUT2D eigenvalue weighted by Crippen LogP contribution is 2.35. The molecule has 0 saturated heterocycles. The minimum Gasteiger partial charge on any atom is -0.478 e. The molecule has 0 unspecified atom stereocenters. The van der Waals surface area contributed by atoms with Crippen LogP contribution in [0.3, 0.4) is 0 Å². The second-order valence-corrected chi connectivity index (χ2v) is 4.64. The second-order valence-electron chi connectivity index (χ2n) is 4.23. The van der Waals surface area contributed by atoms with Crippen molar-refractivity contribution in [2.24, 2.45) is 0 Å². The van der Waals surface area contributed by atoms with Gasteiger partial charge in [-0.1, -0.05) is 17.7 Å². The largest absolute Gasteiger partial charge is 0.478 e. The van der Waals surface area contributed by atoms with Gasteiger partial charge in [-0.05, 0) is 30.7 Å². The van der Waals surface area contributed by atoms with E-state index >= 15 is 0 Å². The molecule has 0 aliphatic heterocycles. The standard InChI is InChI=1S/C14H10ClNO5/c1-8-7-9(16(19)20)5-6-12(8)21-13-10(14(17)18)3-2-4-11(13)15/h2-7H,1H3,(H,17,18). The fourth-order valence-electron chi connectivity index (χ4n) is 1.75. The first-order valence-corrected chi connectivity index (χ1v) is 6.22. The molecule has 0 aliphatic carbocycles. The number of para-hydroxylation sites is 1.